The van der Waals surface area contributed by atoms with Gasteiger partial charge in [-0.3, -0.25) is 0 Å². The van der Waals surface area contributed by atoms with Crippen molar-refractivity contribution in [1.82, 2.24) is 0 Å². The zero-order chi connectivity index (χ0) is 15.0. The van der Waals surface area contributed by atoms with Crippen molar-refractivity contribution in [2.75, 3.05) is 15.5 Å². The molecule has 0 bridgehead atoms. The zero-order valence-electron chi connectivity index (χ0n) is 10.8. The Morgan fingerprint density at radius 2 is 1.19 bits per heavy atom. The predicted octanol–water partition coefficient (Wildman–Crippen LogP) is 3.23. The Kier molecular flexibility index (Phi) is 2.87. The Bertz CT molecular complexity index is 709. The lowest BCUT2D eigenvalue weighted by Gasteiger charge is -2.38. The van der Waals surface area contributed by atoms with Crippen molar-refractivity contribution in [3.63, 3.8) is 0 Å². The summed E-state index contributed by atoms with van der Waals surface area (Å²) in [6.45, 7) is 0. The van der Waals surface area contributed by atoms with Crippen LogP contribution in [0.4, 0.5) is 32.3 Å². The Hall–Kier alpha value is -3.22. The summed E-state index contributed by atoms with van der Waals surface area (Å²) < 4.78 is 0. The minimum absolute atomic E-state index is 0.231. The molecular weight excluding hydrogens is 272 g/mol. The average Bonchev–Trinajstić information content (AvgIpc) is 2.50. The van der Waals surface area contributed by atoms with Crippen LogP contribution in [0.1, 0.15) is 0 Å². The fourth-order valence-corrected chi connectivity index (χ4v) is 2.05. The van der Waals surface area contributed by atoms with Crippen molar-refractivity contribution in [2.24, 2.45) is 5.18 Å². The molecule has 0 saturated carbocycles. The molecule has 0 aromatic heterocycles. The van der Waals surface area contributed by atoms with Crippen LogP contribution >= 0.6 is 0 Å². The number of hydrogen-bond acceptors (Lipinski definition) is 5. The highest BCUT2D eigenvalue weighted by atomic mass is 16.3. The van der Waals surface area contributed by atoms with Crippen LogP contribution in [-0.2, 0) is 0 Å². The number of hydrogen-bond donors (Lipinski definition) is 1. The summed E-state index contributed by atoms with van der Waals surface area (Å²) in [4.78, 5) is 36.7. The fraction of sp³-hybridized carbons (Fsp3) is 0. The van der Waals surface area contributed by atoms with Gasteiger partial charge in [-0.15, -0.1) is 4.91 Å². The summed E-state index contributed by atoms with van der Waals surface area (Å²) in [5, 5.41) is 2.76. The van der Waals surface area contributed by atoms with Crippen molar-refractivity contribution in [2.45, 2.75) is 0 Å². The van der Waals surface area contributed by atoms with Gasteiger partial charge in [0.25, 0.3) is 0 Å². The molecule has 2 aromatic carbocycles. The highest BCUT2D eigenvalue weighted by molar-refractivity contribution is 6.41. The standard InChI is InChI=1S/C14H10N4O3/c15-9-1-5-11(6-2-9)17-13(19)18(14(17)20)12-7-3-10(16-21)4-8-12/h1-8H,15H2. The van der Waals surface area contributed by atoms with Gasteiger partial charge in [0.05, 0.1) is 11.4 Å². The second-order valence-electron chi connectivity index (χ2n) is 4.44. The number of rotatable bonds is 3. The molecule has 0 unspecified atom stereocenters. The molecule has 1 fully saturated rings. The average molecular weight is 282 g/mol. The van der Waals surface area contributed by atoms with E-state index in [9.17, 15) is 14.5 Å². The zero-order valence-corrected chi connectivity index (χ0v) is 10.8. The van der Waals surface area contributed by atoms with E-state index < -0.39 is 12.1 Å². The molecule has 0 radical (unpaired) electrons. The molecule has 0 atom stereocenters. The molecule has 1 heterocycles. The van der Waals surface area contributed by atoms with Crippen LogP contribution in [-0.4, -0.2) is 12.1 Å². The number of carbonyl (C=O) groups is 2. The third kappa shape index (κ3) is 2.00. The van der Waals surface area contributed by atoms with Crippen LogP contribution < -0.4 is 15.5 Å². The van der Waals surface area contributed by atoms with E-state index in [4.69, 9.17) is 5.73 Å². The molecule has 3 rings (SSSR count). The molecule has 104 valence electrons. The Labute approximate surface area is 119 Å². The first-order valence-corrected chi connectivity index (χ1v) is 6.09. The molecule has 21 heavy (non-hydrogen) atoms. The van der Waals surface area contributed by atoms with Crippen molar-refractivity contribution >= 4 is 34.8 Å². The van der Waals surface area contributed by atoms with E-state index in [-0.39, 0.29) is 5.69 Å². The first-order chi connectivity index (χ1) is 10.1. The second kappa shape index (κ2) is 4.71. The van der Waals surface area contributed by atoms with Crippen LogP contribution in [0.3, 0.4) is 0 Å². The summed E-state index contributed by atoms with van der Waals surface area (Å²) in [6, 6.07) is 11.4. The van der Waals surface area contributed by atoms with E-state index >= 15 is 0 Å². The number of amides is 4. The maximum atomic E-state index is 12.1. The number of imide groups is 2. The molecule has 2 aromatic rings. The number of nitrogens with two attached hydrogens (primary N) is 1. The number of anilines is 3. The highest BCUT2D eigenvalue weighted by Gasteiger charge is 2.45. The lowest BCUT2D eigenvalue weighted by atomic mass is 10.2. The van der Waals surface area contributed by atoms with E-state index in [0.29, 0.717) is 17.1 Å². The lowest BCUT2D eigenvalue weighted by molar-refractivity contribution is 0.226. The van der Waals surface area contributed by atoms with Crippen LogP contribution in [0, 0.1) is 4.91 Å². The number of urea groups is 2. The summed E-state index contributed by atoms with van der Waals surface area (Å²) in [6.07, 6.45) is 0. The van der Waals surface area contributed by atoms with Gasteiger partial charge in [0.2, 0.25) is 0 Å². The third-order valence-electron chi connectivity index (χ3n) is 3.13. The maximum Gasteiger partial charge on any atom is 0.345 e. The number of nitroso groups, excluding NO2 is 1. The van der Waals surface area contributed by atoms with Crippen molar-refractivity contribution in [3.8, 4) is 0 Å². The van der Waals surface area contributed by atoms with Crippen LogP contribution in [0.5, 0.6) is 0 Å². The van der Waals surface area contributed by atoms with Gasteiger partial charge < -0.3 is 5.73 Å². The first kappa shape index (κ1) is 12.8. The molecule has 0 spiro atoms. The van der Waals surface area contributed by atoms with Gasteiger partial charge in [-0.05, 0) is 53.7 Å². The largest absolute Gasteiger partial charge is 0.399 e. The number of carbonyl (C=O) groups excluding carboxylic acids is 2. The monoisotopic (exact) mass is 282 g/mol. The molecule has 7 heteroatoms. The van der Waals surface area contributed by atoms with Gasteiger partial charge in [-0.25, -0.2) is 19.4 Å². The molecule has 1 aliphatic heterocycles. The fourth-order valence-electron chi connectivity index (χ4n) is 2.05. The Morgan fingerprint density at radius 1 is 0.762 bits per heavy atom. The van der Waals surface area contributed by atoms with E-state index in [1.807, 2.05) is 0 Å². The Morgan fingerprint density at radius 3 is 1.62 bits per heavy atom. The number of nitrogen functional groups attached to an aromatic ring is 1. The van der Waals surface area contributed by atoms with Crippen molar-refractivity contribution in [3.05, 3.63) is 53.4 Å². The molecular formula is C14H10N4O3. The summed E-state index contributed by atoms with van der Waals surface area (Å²) in [5.41, 5.74) is 7.20. The van der Waals surface area contributed by atoms with Gasteiger partial charge in [0.15, 0.2) is 0 Å². The van der Waals surface area contributed by atoms with Gasteiger partial charge in [0, 0.05) is 5.69 Å². The van der Waals surface area contributed by atoms with Crippen LogP contribution in [0.15, 0.2) is 53.7 Å². The molecule has 1 aliphatic rings. The number of benzene rings is 2. The SMILES string of the molecule is Nc1ccc(N2C(=O)N(c3ccc(N=O)cc3)C2=O)cc1. The summed E-state index contributed by atoms with van der Waals surface area (Å²) in [7, 11) is 0. The van der Waals surface area contributed by atoms with Crippen LogP contribution in [0.25, 0.3) is 0 Å². The minimum atomic E-state index is -0.461. The molecule has 7 nitrogen and oxygen atoms in total. The molecule has 1 saturated heterocycles. The molecule has 4 amide bonds. The summed E-state index contributed by atoms with van der Waals surface area (Å²) >= 11 is 0. The van der Waals surface area contributed by atoms with Crippen molar-refractivity contribution < 1.29 is 9.59 Å². The number of nitrogens with zero attached hydrogens (tertiary/aromatic N) is 3. The van der Waals surface area contributed by atoms with E-state index in [2.05, 4.69) is 5.18 Å². The lowest BCUT2D eigenvalue weighted by Crippen LogP contribution is -2.64. The Balaban J connectivity index is 1.85. The summed E-state index contributed by atoms with van der Waals surface area (Å²) in [5.74, 6) is 0. The normalized spacial score (nSPS) is 14.1. The topological polar surface area (TPSA) is 96.1 Å². The second-order valence-corrected chi connectivity index (χ2v) is 4.44. The van der Waals surface area contributed by atoms with Gasteiger partial charge in [-0.2, -0.15) is 0 Å². The molecule has 2 N–H and O–H groups in total. The third-order valence-corrected chi connectivity index (χ3v) is 3.13. The minimum Gasteiger partial charge on any atom is -0.399 e. The highest BCUT2D eigenvalue weighted by Crippen LogP contribution is 2.31. The van der Waals surface area contributed by atoms with Gasteiger partial charge >= 0.3 is 12.1 Å². The maximum absolute atomic E-state index is 12.1. The van der Waals surface area contributed by atoms with Gasteiger partial charge in [0.1, 0.15) is 5.69 Å². The van der Waals surface area contributed by atoms with E-state index in [1.54, 1.807) is 24.3 Å². The van der Waals surface area contributed by atoms with Gasteiger partial charge in [-0.1, -0.05) is 0 Å². The van der Waals surface area contributed by atoms with E-state index in [1.165, 1.54) is 24.3 Å². The van der Waals surface area contributed by atoms with E-state index in [0.717, 1.165) is 9.80 Å². The smallest absolute Gasteiger partial charge is 0.345 e. The van der Waals surface area contributed by atoms with Crippen LogP contribution in [0.2, 0.25) is 0 Å². The van der Waals surface area contributed by atoms with Crippen molar-refractivity contribution in [1.29, 1.82) is 0 Å². The predicted molar refractivity (Wildman–Crippen MR) is 78.5 cm³/mol. The quantitative estimate of drug-likeness (QED) is 0.690. The first-order valence-electron chi connectivity index (χ1n) is 6.09. The molecule has 0 aliphatic carbocycles.